The summed E-state index contributed by atoms with van der Waals surface area (Å²) in [5.41, 5.74) is 2.12. The van der Waals surface area contributed by atoms with Crippen LogP contribution in [0.3, 0.4) is 0 Å². The number of nitrogens with zero attached hydrogens (tertiary/aromatic N) is 4. The molecule has 1 aliphatic heterocycles. The van der Waals surface area contributed by atoms with Crippen LogP contribution in [-0.2, 0) is 4.79 Å². The Balaban J connectivity index is 1.29. The summed E-state index contributed by atoms with van der Waals surface area (Å²) in [6.07, 6.45) is 7.81. The number of imidazole rings is 1. The predicted molar refractivity (Wildman–Crippen MR) is 135 cm³/mol. The summed E-state index contributed by atoms with van der Waals surface area (Å²) in [7, 11) is 0. The summed E-state index contributed by atoms with van der Waals surface area (Å²) in [6.45, 7) is 5.04. The number of aldehydes is 1. The van der Waals surface area contributed by atoms with Gasteiger partial charge in [-0.3, -0.25) is 19.7 Å². The number of rotatable bonds is 6. The Hall–Kier alpha value is -4.05. The van der Waals surface area contributed by atoms with Crippen molar-refractivity contribution in [3.8, 4) is 10.6 Å². The van der Waals surface area contributed by atoms with Crippen molar-refractivity contribution in [1.29, 1.82) is 0 Å². The standard InChI is InChI=1S/C26H23N5O4S/c1-2-23(33)30-8-7-26(14-30)10-17(11-26)31-19-9-16(13-32)3-4-18(19)28-25(31)29-24(34)22-6-5-21(36-22)20-12-27-15-35-20/h2-6,9,12-13,15,17H,1,7-8,10-11,14H2,(H,28,29,34)/t17-,26-. The number of hydrogen-bond donors (Lipinski definition) is 1. The number of thiophene rings is 1. The van der Waals surface area contributed by atoms with Gasteiger partial charge in [0.15, 0.2) is 12.2 Å². The average molecular weight is 502 g/mol. The smallest absolute Gasteiger partial charge is 0.268 e. The van der Waals surface area contributed by atoms with Crippen LogP contribution in [-0.4, -0.2) is 50.6 Å². The fourth-order valence-corrected chi connectivity index (χ4v) is 6.30. The molecule has 182 valence electrons. The number of anilines is 1. The first kappa shape index (κ1) is 22.4. The molecule has 3 aromatic heterocycles. The van der Waals surface area contributed by atoms with Gasteiger partial charge in [0.2, 0.25) is 11.9 Å². The van der Waals surface area contributed by atoms with Gasteiger partial charge in [-0.2, -0.15) is 0 Å². The summed E-state index contributed by atoms with van der Waals surface area (Å²) < 4.78 is 7.37. The number of amides is 2. The van der Waals surface area contributed by atoms with Crippen molar-refractivity contribution >= 4 is 46.4 Å². The van der Waals surface area contributed by atoms with Crippen LogP contribution in [0.1, 0.15) is 45.3 Å². The quantitative estimate of drug-likeness (QED) is 0.306. The number of carbonyl (C=O) groups is 3. The summed E-state index contributed by atoms with van der Waals surface area (Å²) in [6, 6.07) is 9.00. The van der Waals surface area contributed by atoms with E-state index in [9.17, 15) is 14.4 Å². The minimum absolute atomic E-state index is 0.0346. The molecule has 0 radical (unpaired) electrons. The highest BCUT2D eigenvalue weighted by Gasteiger charge is 2.50. The molecule has 4 aromatic rings. The highest BCUT2D eigenvalue weighted by atomic mass is 32.1. The van der Waals surface area contributed by atoms with E-state index in [0.29, 0.717) is 34.2 Å². The van der Waals surface area contributed by atoms with Crippen LogP contribution in [0.25, 0.3) is 21.7 Å². The molecule has 4 heterocycles. The molecule has 1 aromatic carbocycles. The SMILES string of the molecule is C=CC(=O)N1CC[C@]2(C1)C[C@H](n1c(NC(=O)c3ccc(-c4cnco4)s3)nc3ccc(C=O)cc31)C2. The summed E-state index contributed by atoms with van der Waals surface area (Å²) in [4.78, 5) is 48.5. The van der Waals surface area contributed by atoms with Crippen molar-refractivity contribution in [2.45, 2.75) is 25.3 Å². The Morgan fingerprint density at radius 2 is 2.11 bits per heavy atom. The zero-order valence-electron chi connectivity index (χ0n) is 19.3. The number of hydrogen-bond acceptors (Lipinski definition) is 7. The van der Waals surface area contributed by atoms with Crippen molar-refractivity contribution in [2.75, 3.05) is 18.4 Å². The fourth-order valence-electron chi connectivity index (χ4n) is 5.44. The van der Waals surface area contributed by atoms with Gasteiger partial charge in [0.25, 0.3) is 5.91 Å². The number of aromatic nitrogens is 3. The van der Waals surface area contributed by atoms with Crippen molar-refractivity contribution in [1.82, 2.24) is 19.4 Å². The number of benzene rings is 1. The molecule has 1 N–H and O–H groups in total. The maximum atomic E-state index is 13.2. The van der Waals surface area contributed by atoms with Gasteiger partial charge >= 0.3 is 0 Å². The number of oxazole rings is 1. The first-order valence-corrected chi connectivity index (χ1v) is 12.5. The van der Waals surface area contributed by atoms with Gasteiger partial charge in [-0.05, 0) is 61.1 Å². The molecule has 36 heavy (non-hydrogen) atoms. The number of likely N-dealkylation sites (tertiary alicyclic amines) is 1. The van der Waals surface area contributed by atoms with Gasteiger partial charge in [0.1, 0.15) is 6.29 Å². The molecule has 9 nitrogen and oxygen atoms in total. The topological polar surface area (TPSA) is 110 Å². The van der Waals surface area contributed by atoms with Crippen LogP contribution < -0.4 is 5.32 Å². The zero-order valence-corrected chi connectivity index (χ0v) is 20.2. The second-order valence-corrected chi connectivity index (χ2v) is 10.5. The van der Waals surface area contributed by atoms with Crippen molar-refractivity contribution in [2.24, 2.45) is 5.41 Å². The van der Waals surface area contributed by atoms with E-state index in [2.05, 4.69) is 16.9 Å². The summed E-state index contributed by atoms with van der Waals surface area (Å²) >= 11 is 1.31. The number of fused-ring (bicyclic) bond motifs is 1. The van der Waals surface area contributed by atoms with E-state index < -0.39 is 0 Å². The Labute approximate surface area is 210 Å². The second-order valence-electron chi connectivity index (χ2n) is 9.43. The van der Waals surface area contributed by atoms with Crippen LogP contribution >= 0.6 is 11.3 Å². The molecule has 1 saturated carbocycles. The van der Waals surface area contributed by atoms with E-state index in [-0.39, 0.29) is 23.3 Å². The number of carbonyl (C=O) groups excluding carboxylic acids is 3. The van der Waals surface area contributed by atoms with Gasteiger partial charge in [-0.15, -0.1) is 11.3 Å². The fraction of sp³-hybridized carbons (Fsp3) is 0.269. The zero-order chi connectivity index (χ0) is 24.9. The van der Waals surface area contributed by atoms with E-state index in [4.69, 9.17) is 9.40 Å². The van der Waals surface area contributed by atoms with Gasteiger partial charge in [0.05, 0.1) is 27.0 Å². The lowest BCUT2D eigenvalue weighted by molar-refractivity contribution is -0.125. The first-order chi connectivity index (χ1) is 17.5. The average Bonchev–Trinajstić information content (AvgIpc) is 3.66. The van der Waals surface area contributed by atoms with E-state index in [1.165, 1.54) is 23.8 Å². The third-order valence-corrected chi connectivity index (χ3v) is 8.31. The van der Waals surface area contributed by atoms with Gasteiger partial charge in [-0.25, -0.2) is 9.97 Å². The Morgan fingerprint density at radius 3 is 2.86 bits per heavy atom. The van der Waals surface area contributed by atoms with Crippen molar-refractivity contribution < 1.29 is 18.8 Å². The lowest BCUT2D eigenvalue weighted by atomic mass is 9.64. The molecule has 0 bridgehead atoms. The molecule has 1 saturated heterocycles. The van der Waals surface area contributed by atoms with Gasteiger partial charge in [-0.1, -0.05) is 6.58 Å². The molecule has 2 amide bonds. The van der Waals surface area contributed by atoms with E-state index in [1.54, 1.807) is 24.4 Å². The van der Waals surface area contributed by atoms with Crippen LogP contribution in [0.5, 0.6) is 0 Å². The highest BCUT2D eigenvalue weighted by molar-refractivity contribution is 7.17. The van der Waals surface area contributed by atoms with Gasteiger partial charge < -0.3 is 13.9 Å². The van der Waals surface area contributed by atoms with E-state index >= 15 is 0 Å². The monoisotopic (exact) mass is 501 g/mol. The molecular weight excluding hydrogens is 478 g/mol. The van der Waals surface area contributed by atoms with Crippen LogP contribution in [0, 0.1) is 5.41 Å². The molecule has 0 atom stereocenters. The third-order valence-electron chi connectivity index (χ3n) is 7.21. The summed E-state index contributed by atoms with van der Waals surface area (Å²) in [5.74, 6) is 0.751. The Bertz CT molecular complexity index is 1500. The molecule has 10 heteroatoms. The third kappa shape index (κ3) is 3.74. The van der Waals surface area contributed by atoms with E-state index in [1.807, 2.05) is 21.6 Å². The number of nitrogens with one attached hydrogen (secondary N) is 1. The lowest BCUT2D eigenvalue weighted by Crippen LogP contribution is -2.42. The molecule has 2 aliphatic rings. The molecule has 1 spiro atoms. The minimum Gasteiger partial charge on any atom is -0.443 e. The molecule has 2 fully saturated rings. The molecular formula is C26H23N5O4S. The second kappa shape index (κ2) is 8.56. The Kier molecular flexibility index (Phi) is 5.33. The molecule has 6 rings (SSSR count). The van der Waals surface area contributed by atoms with Crippen LogP contribution in [0.2, 0.25) is 0 Å². The highest BCUT2D eigenvalue weighted by Crippen LogP contribution is 2.55. The van der Waals surface area contributed by atoms with Crippen molar-refractivity contribution in [3.63, 3.8) is 0 Å². The largest absolute Gasteiger partial charge is 0.443 e. The maximum absolute atomic E-state index is 13.2. The Morgan fingerprint density at radius 1 is 1.25 bits per heavy atom. The molecule has 1 aliphatic carbocycles. The normalized spacial score (nSPS) is 21.0. The predicted octanol–water partition coefficient (Wildman–Crippen LogP) is 4.56. The van der Waals surface area contributed by atoms with Crippen molar-refractivity contribution in [3.05, 3.63) is 66.0 Å². The summed E-state index contributed by atoms with van der Waals surface area (Å²) in [5, 5.41) is 2.99. The maximum Gasteiger partial charge on any atom is 0.268 e. The van der Waals surface area contributed by atoms with E-state index in [0.717, 1.165) is 42.5 Å². The van der Waals surface area contributed by atoms with Gasteiger partial charge in [0, 0.05) is 24.7 Å². The van der Waals surface area contributed by atoms with Crippen LogP contribution in [0.4, 0.5) is 5.95 Å². The van der Waals surface area contributed by atoms with Crippen LogP contribution in [0.15, 0.2) is 60.0 Å². The minimum atomic E-state index is -0.268. The lowest BCUT2D eigenvalue weighted by Gasteiger charge is -2.46. The first-order valence-electron chi connectivity index (χ1n) is 11.7. The molecule has 0 unspecified atom stereocenters.